The van der Waals surface area contributed by atoms with Crippen LogP contribution < -0.4 is 5.32 Å². The van der Waals surface area contributed by atoms with Crippen molar-refractivity contribution in [1.29, 1.82) is 0 Å². The molecule has 2 amide bonds. The highest BCUT2D eigenvalue weighted by molar-refractivity contribution is 6.30. The molecule has 148 valence electrons. The van der Waals surface area contributed by atoms with Crippen molar-refractivity contribution in [2.75, 3.05) is 32.0 Å². The van der Waals surface area contributed by atoms with Crippen molar-refractivity contribution in [3.05, 3.63) is 59.2 Å². The van der Waals surface area contributed by atoms with Crippen LogP contribution in [0.25, 0.3) is 0 Å². The first-order valence-corrected chi connectivity index (χ1v) is 9.82. The van der Waals surface area contributed by atoms with Gasteiger partial charge in [-0.3, -0.25) is 14.5 Å². The predicted molar refractivity (Wildman–Crippen MR) is 110 cm³/mol. The Balaban J connectivity index is 1.42. The van der Waals surface area contributed by atoms with Gasteiger partial charge >= 0.3 is 0 Å². The predicted octanol–water partition coefficient (Wildman–Crippen LogP) is 3.04. The number of anilines is 1. The molecule has 1 aromatic carbocycles. The highest BCUT2D eigenvalue weighted by Crippen LogP contribution is 2.19. The fourth-order valence-electron chi connectivity index (χ4n) is 3.29. The lowest BCUT2D eigenvalue weighted by Crippen LogP contribution is -2.43. The molecule has 0 atom stereocenters. The average molecular weight is 401 g/mol. The van der Waals surface area contributed by atoms with Crippen LogP contribution in [0.2, 0.25) is 5.02 Å². The monoisotopic (exact) mass is 400 g/mol. The van der Waals surface area contributed by atoms with E-state index >= 15 is 0 Å². The first-order valence-electron chi connectivity index (χ1n) is 9.44. The topological polar surface area (TPSA) is 65.5 Å². The molecule has 1 N–H and O–H groups in total. The van der Waals surface area contributed by atoms with E-state index in [1.807, 2.05) is 37.4 Å². The van der Waals surface area contributed by atoms with Gasteiger partial charge in [-0.25, -0.2) is 4.98 Å². The average Bonchev–Trinajstić information content (AvgIpc) is 2.71. The molecule has 0 aliphatic carbocycles. The van der Waals surface area contributed by atoms with Gasteiger partial charge < -0.3 is 10.2 Å². The Morgan fingerprint density at radius 3 is 2.54 bits per heavy atom. The maximum absolute atomic E-state index is 12.5. The molecule has 3 rings (SSSR count). The maximum Gasteiger partial charge on any atom is 0.236 e. The molecule has 1 fully saturated rings. The molecule has 1 aromatic heterocycles. The van der Waals surface area contributed by atoms with Crippen molar-refractivity contribution in [2.24, 2.45) is 5.92 Å². The summed E-state index contributed by atoms with van der Waals surface area (Å²) in [6.45, 7) is 2.46. The van der Waals surface area contributed by atoms with E-state index in [1.54, 1.807) is 17.0 Å². The van der Waals surface area contributed by atoms with Crippen molar-refractivity contribution >= 4 is 29.2 Å². The highest BCUT2D eigenvalue weighted by atomic mass is 35.5. The van der Waals surface area contributed by atoms with Crippen molar-refractivity contribution < 1.29 is 9.59 Å². The zero-order chi connectivity index (χ0) is 19.9. The van der Waals surface area contributed by atoms with Gasteiger partial charge in [0.05, 0.1) is 11.6 Å². The molecule has 0 saturated carbocycles. The lowest BCUT2D eigenvalue weighted by atomic mass is 9.96. The smallest absolute Gasteiger partial charge is 0.236 e. The number of nitrogens with zero attached hydrogens (tertiary/aromatic N) is 3. The molecule has 2 aromatic rings. The minimum absolute atomic E-state index is 0.0259. The van der Waals surface area contributed by atoms with E-state index in [9.17, 15) is 9.59 Å². The van der Waals surface area contributed by atoms with Gasteiger partial charge in [-0.15, -0.1) is 0 Å². The molecule has 6 nitrogen and oxygen atoms in total. The second-order valence-corrected chi connectivity index (χ2v) is 7.57. The zero-order valence-corrected chi connectivity index (χ0v) is 16.7. The molecule has 28 heavy (non-hydrogen) atoms. The fourth-order valence-corrected chi connectivity index (χ4v) is 3.40. The van der Waals surface area contributed by atoms with Crippen LogP contribution in [0.3, 0.4) is 0 Å². The molecule has 1 aliphatic rings. The summed E-state index contributed by atoms with van der Waals surface area (Å²) in [5, 5.41) is 3.37. The number of likely N-dealkylation sites (tertiary alicyclic amines) is 1. The van der Waals surface area contributed by atoms with Gasteiger partial charge in [-0.1, -0.05) is 41.9 Å². The van der Waals surface area contributed by atoms with Gasteiger partial charge in [-0.05, 0) is 43.6 Å². The van der Waals surface area contributed by atoms with Crippen LogP contribution in [0, 0.1) is 5.92 Å². The van der Waals surface area contributed by atoms with Gasteiger partial charge in [-0.2, -0.15) is 0 Å². The number of hydrogen-bond acceptors (Lipinski definition) is 4. The molecule has 0 radical (unpaired) electrons. The van der Waals surface area contributed by atoms with Gasteiger partial charge in [0, 0.05) is 25.7 Å². The fraction of sp³-hybridized carbons (Fsp3) is 0.381. The summed E-state index contributed by atoms with van der Waals surface area (Å²) in [6.07, 6.45) is 2.97. The summed E-state index contributed by atoms with van der Waals surface area (Å²) in [5.74, 6) is 0.513. The number of nitrogens with one attached hydrogen (secondary N) is 1. The zero-order valence-electron chi connectivity index (χ0n) is 16.0. The van der Waals surface area contributed by atoms with E-state index in [0.29, 0.717) is 23.9 Å². The lowest BCUT2D eigenvalue weighted by Gasteiger charge is -2.31. The van der Waals surface area contributed by atoms with Crippen LogP contribution >= 0.6 is 11.6 Å². The minimum atomic E-state index is -0.0640. The number of rotatable bonds is 6. The Bertz CT molecular complexity index is 790. The van der Waals surface area contributed by atoms with E-state index in [1.165, 1.54) is 6.20 Å². The summed E-state index contributed by atoms with van der Waals surface area (Å²) in [5.41, 5.74) is 1.12. The summed E-state index contributed by atoms with van der Waals surface area (Å²) in [7, 11) is 1.83. The van der Waals surface area contributed by atoms with Crippen LogP contribution in [0.5, 0.6) is 0 Å². The van der Waals surface area contributed by atoms with Crippen molar-refractivity contribution in [3.8, 4) is 0 Å². The normalized spacial score (nSPS) is 15.2. The van der Waals surface area contributed by atoms with Gasteiger partial charge in [0.2, 0.25) is 11.8 Å². The van der Waals surface area contributed by atoms with E-state index in [2.05, 4.69) is 15.2 Å². The van der Waals surface area contributed by atoms with Crippen molar-refractivity contribution in [2.45, 2.75) is 19.4 Å². The third-order valence-electron chi connectivity index (χ3n) is 4.98. The Hall–Kier alpha value is -2.44. The molecule has 7 heteroatoms. The Labute approximate surface area is 170 Å². The van der Waals surface area contributed by atoms with Gasteiger partial charge in [0.1, 0.15) is 5.82 Å². The molecule has 0 bridgehead atoms. The second-order valence-electron chi connectivity index (χ2n) is 7.14. The third-order valence-corrected chi connectivity index (χ3v) is 5.21. The number of carbonyl (C=O) groups is 2. The first-order chi connectivity index (χ1) is 13.5. The van der Waals surface area contributed by atoms with Crippen LogP contribution in [-0.4, -0.2) is 53.3 Å². The Morgan fingerprint density at radius 1 is 1.18 bits per heavy atom. The third kappa shape index (κ3) is 5.78. The molecular formula is C21H25ClN4O2. The van der Waals surface area contributed by atoms with Gasteiger partial charge in [0.15, 0.2) is 0 Å². The highest BCUT2D eigenvalue weighted by Gasteiger charge is 2.26. The quantitative estimate of drug-likeness (QED) is 0.809. The minimum Gasteiger partial charge on any atom is -0.340 e. The molecule has 1 aliphatic heterocycles. The lowest BCUT2D eigenvalue weighted by molar-refractivity contribution is -0.132. The number of carbonyl (C=O) groups excluding carboxylic acids is 2. The summed E-state index contributed by atoms with van der Waals surface area (Å²) in [6, 6.07) is 13.3. The summed E-state index contributed by atoms with van der Waals surface area (Å²) in [4.78, 5) is 32.9. The molecule has 0 spiro atoms. The molecule has 2 heterocycles. The van der Waals surface area contributed by atoms with Crippen LogP contribution in [-0.2, 0) is 16.1 Å². The van der Waals surface area contributed by atoms with Crippen LogP contribution in [0.1, 0.15) is 18.4 Å². The first kappa shape index (κ1) is 20.3. The second kappa shape index (κ2) is 9.66. The van der Waals surface area contributed by atoms with E-state index in [0.717, 1.165) is 31.5 Å². The van der Waals surface area contributed by atoms with Crippen LogP contribution in [0.4, 0.5) is 5.82 Å². The number of aromatic nitrogens is 1. The van der Waals surface area contributed by atoms with E-state index < -0.39 is 0 Å². The Morgan fingerprint density at radius 2 is 1.89 bits per heavy atom. The van der Waals surface area contributed by atoms with Crippen molar-refractivity contribution in [1.82, 2.24) is 14.8 Å². The van der Waals surface area contributed by atoms with Crippen molar-refractivity contribution in [3.63, 3.8) is 0 Å². The van der Waals surface area contributed by atoms with Gasteiger partial charge in [0.25, 0.3) is 0 Å². The number of piperidine rings is 1. The SMILES string of the molecule is CN(Cc1ccccc1)C(=O)CN1CCC(C(=O)Nc2ccc(Cl)cn2)CC1. The van der Waals surface area contributed by atoms with E-state index in [4.69, 9.17) is 11.6 Å². The number of benzene rings is 1. The summed E-state index contributed by atoms with van der Waals surface area (Å²) >= 11 is 5.81. The standard InChI is InChI=1S/C21H25ClN4O2/c1-25(14-16-5-3-2-4-6-16)20(27)15-26-11-9-17(10-12-26)21(28)24-19-8-7-18(22)13-23-19/h2-8,13,17H,9-12,14-15H2,1H3,(H,23,24,28). The number of likely N-dealkylation sites (N-methyl/N-ethyl adjacent to an activating group) is 1. The molecular weight excluding hydrogens is 376 g/mol. The number of amides is 2. The van der Waals surface area contributed by atoms with Crippen LogP contribution in [0.15, 0.2) is 48.7 Å². The van der Waals surface area contributed by atoms with E-state index in [-0.39, 0.29) is 17.7 Å². The maximum atomic E-state index is 12.5. The Kier molecular flexibility index (Phi) is 7.01. The number of hydrogen-bond donors (Lipinski definition) is 1. The molecule has 1 saturated heterocycles. The number of pyridine rings is 1. The molecule has 0 unspecified atom stereocenters. The number of halogens is 1. The largest absolute Gasteiger partial charge is 0.340 e. The summed E-state index contributed by atoms with van der Waals surface area (Å²) < 4.78 is 0.